The molecule has 156 valence electrons. The summed E-state index contributed by atoms with van der Waals surface area (Å²) in [5, 5.41) is 0. The molecule has 3 aromatic rings. The minimum absolute atomic E-state index is 0.288. The van der Waals surface area contributed by atoms with E-state index in [-0.39, 0.29) is 5.70 Å². The van der Waals surface area contributed by atoms with Crippen LogP contribution in [0.2, 0.25) is 0 Å². The van der Waals surface area contributed by atoms with Crippen LogP contribution in [-0.2, 0) is 16.1 Å². The molecule has 0 bridgehead atoms. The monoisotopic (exact) mass is 747 g/mol. The fourth-order valence-electron chi connectivity index (χ4n) is 3.00. The maximum absolute atomic E-state index is 12.4. The Kier molecular flexibility index (Phi) is 7.32. The van der Waals surface area contributed by atoms with Gasteiger partial charge in [-0.05, 0) is 128 Å². The Balaban J connectivity index is 1.57. The molecule has 0 spiro atoms. The second kappa shape index (κ2) is 9.99. The molecular formula is C24H16I3NO3. The van der Waals surface area contributed by atoms with Crippen molar-refractivity contribution in [1.82, 2.24) is 0 Å². The van der Waals surface area contributed by atoms with Crippen molar-refractivity contribution in [3.05, 3.63) is 99.3 Å². The van der Waals surface area contributed by atoms with Gasteiger partial charge in [0.05, 0.1) is 7.14 Å². The summed E-state index contributed by atoms with van der Waals surface area (Å²) in [6.45, 7) is 2.52. The van der Waals surface area contributed by atoms with Crippen molar-refractivity contribution < 1.29 is 14.3 Å². The van der Waals surface area contributed by atoms with Crippen molar-refractivity contribution in [3.63, 3.8) is 0 Å². The summed E-state index contributed by atoms with van der Waals surface area (Å²) in [6.07, 6.45) is 1.75. The SMILES string of the molecule is Cc1cc(C2=N/C(=C\c3cc(I)c(OCc4ccccc4)c(I)c3)C(=O)O2)ccc1I. The minimum Gasteiger partial charge on any atom is -0.487 e. The molecule has 7 heteroatoms. The third-order valence-electron chi connectivity index (χ3n) is 4.58. The van der Waals surface area contributed by atoms with Crippen molar-refractivity contribution in [2.45, 2.75) is 13.5 Å². The Hall–Kier alpha value is -1.47. The zero-order chi connectivity index (χ0) is 22.0. The van der Waals surface area contributed by atoms with Crippen LogP contribution in [0.3, 0.4) is 0 Å². The molecule has 0 atom stereocenters. The number of hydrogen-bond acceptors (Lipinski definition) is 4. The van der Waals surface area contributed by atoms with Gasteiger partial charge in [0, 0.05) is 9.13 Å². The van der Waals surface area contributed by atoms with Gasteiger partial charge >= 0.3 is 5.97 Å². The van der Waals surface area contributed by atoms with Gasteiger partial charge < -0.3 is 9.47 Å². The number of ether oxygens (including phenoxy) is 2. The molecule has 0 amide bonds. The van der Waals surface area contributed by atoms with Crippen LogP contribution < -0.4 is 4.74 Å². The van der Waals surface area contributed by atoms with Crippen LogP contribution in [0.4, 0.5) is 0 Å². The zero-order valence-corrected chi connectivity index (χ0v) is 22.8. The normalized spacial score (nSPS) is 14.5. The number of halogens is 3. The summed E-state index contributed by atoms with van der Waals surface area (Å²) in [6, 6.07) is 19.9. The second-order valence-corrected chi connectivity index (χ2v) is 10.4. The summed E-state index contributed by atoms with van der Waals surface area (Å²) in [7, 11) is 0. The van der Waals surface area contributed by atoms with Crippen LogP contribution in [0.25, 0.3) is 6.08 Å². The standard InChI is InChI=1S/C24H16I3NO3/c1-14-9-17(7-8-18(14)25)23-28-21(24(29)31-23)12-16-10-19(26)22(20(27)11-16)30-13-15-5-3-2-4-6-15/h2-12H,13H2,1H3/b21-12-. The Bertz CT molecular complexity index is 1200. The van der Waals surface area contributed by atoms with Crippen LogP contribution in [-0.4, -0.2) is 11.9 Å². The summed E-state index contributed by atoms with van der Waals surface area (Å²) in [4.78, 5) is 16.8. The molecule has 31 heavy (non-hydrogen) atoms. The molecule has 0 fully saturated rings. The molecule has 0 aliphatic carbocycles. The Labute approximate surface area is 221 Å². The molecule has 4 rings (SSSR count). The first kappa shape index (κ1) is 22.7. The molecule has 0 radical (unpaired) electrons. The Morgan fingerprint density at radius 2 is 1.68 bits per heavy atom. The van der Waals surface area contributed by atoms with E-state index in [0.717, 1.165) is 38.7 Å². The molecular weight excluding hydrogens is 731 g/mol. The molecule has 4 nitrogen and oxygen atoms in total. The second-order valence-electron chi connectivity index (χ2n) is 6.89. The number of aliphatic imine (C=N–C) groups is 1. The number of benzene rings is 3. The number of hydrogen-bond donors (Lipinski definition) is 0. The van der Waals surface area contributed by atoms with Crippen molar-refractivity contribution >= 4 is 85.7 Å². The molecule has 1 heterocycles. The van der Waals surface area contributed by atoms with E-state index in [9.17, 15) is 4.79 Å². The average Bonchev–Trinajstić information content (AvgIpc) is 3.10. The molecule has 1 aliphatic rings. The zero-order valence-electron chi connectivity index (χ0n) is 16.4. The van der Waals surface area contributed by atoms with Crippen LogP contribution in [0, 0.1) is 17.6 Å². The van der Waals surface area contributed by atoms with Crippen LogP contribution in [0.15, 0.2) is 71.4 Å². The quantitative estimate of drug-likeness (QED) is 0.165. The fourth-order valence-corrected chi connectivity index (χ4v) is 5.46. The van der Waals surface area contributed by atoms with Crippen LogP contribution in [0.5, 0.6) is 5.75 Å². The maximum atomic E-state index is 12.4. The lowest BCUT2D eigenvalue weighted by Gasteiger charge is -2.11. The molecule has 1 aliphatic heterocycles. The van der Waals surface area contributed by atoms with Gasteiger partial charge in [0.2, 0.25) is 5.90 Å². The van der Waals surface area contributed by atoms with Crippen molar-refractivity contribution in [2.75, 3.05) is 0 Å². The molecule has 0 unspecified atom stereocenters. The lowest BCUT2D eigenvalue weighted by molar-refractivity contribution is -0.129. The number of nitrogens with zero attached hydrogens (tertiary/aromatic N) is 1. The highest BCUT2D eigenvalue weighted by atomic mass is 127. The highest BCUT2D eigenvalue weighted by Crippen LogP contribution is 2.31. The average molecular weight is 747 g/mol. The van der Waals surface area contributed by atoms with Crippen LogP contribution >= 0.6 is 67.8 Å². The number of cyclic esters (lactones) is 1. The number of carbonyl (C=O) groups is 1. The number of rotatable bonds is 5. The number of carbonyl (C=O) groups excluding carboxylic acids is 1. The fraction of sp³-hybridized carbons (Fsp3) is 0.0833. The van der Waals surface area contributed by atoms with E-state index in [1.165, 1.54) is 0 Å². The van der Waals surface area contributed by atoms with E-state index in [4.69, 9.17) is 9.47 Å². The lowest BCUT2D eigenvalue weighted by atomic mass is 10.1. The Morgan fingerprint density at radius 3 is 2.35 bits per heavy atom. The predicted molar refractivity (Wildman–Crippen MR) is 147 cm³/mol. The Morgan fingerprint density at radius 1 is 0.968 bits per heavy atom. The van der Waals surface area contributed by atoms with Gasteiger partial charge in [-0.2, -0.15) is 0 Å². The van der Waals surface area contributed by atoms with Gasteiger partial charge in [-0.25, -0.2) is 9.79 Å². The predicted octanol–water partition coefficient (Wildman–Crippen LogP) is 6.73. The van der Waals surface area contributed by atoms with Gasteiger partial charge in [0.25, 0.3) is 0 Å². The van der Waals surface area contributed by atoms with Gasteiger partial charge in [-0.15, -0.1) is 0 Å². The lowest BCUT2D eigenvalue weighted by Crippen LogP contribution is -2.05. The van der Waals surface area contributed by atoms with Gasteiger partial charge in [-0.3, -0.25) is 0 Å². The van der Waals surface area contributed by atoms with Crippen LogP contribution in [0.1, 0.15) is 22.3 Å². The smallest absolute Gasteiger partial charge is 0.363 e. The van der Waals surface area contributed by atoms with Crippen molar-refractivity contribution in [1.29, 1.82) is 0 Å². The van der Waals surface area contributed by atoms with E-state index < -0.39 is 5.97 Å². The first-order valence-electron chi connectivity index (χ1n) is 9.35. The molecule has 0 saturated heterocycles. The first-order valence-corrected chi connectivity index (χ1v) is 12.6. The van der Waals surface area contributed by atoms with Gasteiger partial charge in [-0.1, -0.05) is 30.3 Å². The van der Waals surface area contributed by atoms with Crippen molar-refractivity contribution in [2.24, 2.45) is 4.99 Å². The van der Waals surface area contributed by atoms with Gasteiger partial charge in [0.15, 0.2) is 5.70 Å². The highest BCUT2D eigenvalue weighted by Gasteiger charge is 2.24. The highest BCUT2D eigenvalue weighted by molar-refractivity contribution is 14.1. The third-order valence-corrected chi connectivity index (χ3v) is 7.39. The number of aryl methyl sites for hydroxylation is 1. The largest absolute Gasteiger partial charge is 0.487 e. The van der Waals surface area contributed by atoms with E-state index in [1.807, 2.05) is 67.6 Å². The maximum Gasteiger partial charge on any atom is 0.363 e. The first-order chi connectivity index (χ1) is 14.9. The van der Waals surface area contributed by atoms with Crippen molar-refractivity contribution in [3.8, 4) is 5.75 Å². The molecule has 3 aromatic carbocycles. The summed E-state index contributed by atoms with van der Waals surface area (Å²) >= 11 is 6.78. The van der Waals surface area contributed by atoms with Gasteiger partial charge in [0.1, 0.15) is 12.4 Å². The van der Waals surface area contributed by atoms with E-state index in [2.05, 4.69) is 72.8 Å². The topological polar surface area (TPSA) is 47.9 Å². The summed E-state index contributed by atoms with van der Waals surface area (Å²) < 4.78 is 14.5. The summed E-state index contributed by atoms with van der Waals surface area (Å²) in [5.74, 6) is 0.725. The molecule has 0 saturated carbocycles. The van der Waals surface area contributed by atoms with E-state index in [0.29, 0.717) is 12.5 Å². The number of esters is 1. The molecule has 0 aromatic heterocycles. The third kappa shape index (κ3) is 5.48. The molecule has 0 N–H and O–H groups in total. The van der Waals surface area contributed by atoms with E-state index >= 15 is 0 Å². The van der Waals surface area contributed by atoms with E-state index in [1.54, 1.807) is 6.08 Å². The minimum atomic E-state index is -0.444. The summed E-state index contributed by atoms with van der Waals surface area (Å²) in [5.41, 5.74) is 4.18.